The molecule has 3 rings (SSSR count). The Morgan fingerprint density at radius 1 is 1.04 bits per heavy atom. The molecular weight excluding hydrogens is 340 g/mol. The Balaban J connectivity index is 1.74. The molecular formula is C21H22N4O2. The monoisotopic (exact) mass is 362 g/mol. The molecule has 0 aliphatic heterocycles. The minimum Gasteiger partial charge on any atom is -0.366 e. The average molecular weight is 362 g/mol. The smallest absolute Gasteiger partial charge is 0.253 e. The Kier molecular flexibility index (Phi) is 5.07. The highest BCUT2D eigenvalue weighted by molar-refractivity contribution is 5.94. The summed E-state index contributed by atoms with van der Waals surface area (Å²) in [6.07, 6.45) is 0. The van der Waals surface area contributed by atoms with Crippen LogP contribution in [0.25, 0.3) is 5.69 Å². The van der Waals surface area contributed by atoms with E-state index in [4.69, 9.17) is 5.73 Å². The number of hydrogen-bond acceptors (Lipinski definition) is 3. The van der Waals surface area contributed by atoms with Gasteiger partial charge in [0.25, 0.3) is 5.91 Å². The number of hydrogen-bond donors (Lipinski definition) is 1. The van der Waals surface area contributed by atoms with Crippen molar-refractivity contribution in [2.75, 3.05) is 7.05 Å². The Morgan fingerprint density at radius 3 is 2.33 bits per heavy atom. The summed E-state index contributed by atoms with van der Waals surface area (Å²) in [5.74, 6) is -0.579. The van der Waals surface area contributed by atoms with E-state index in [2.05, 4.69) is 5.10 Å². The van der Waals surface area contributed by atoms with Crippen molar-refractivity contribution in [1.82, 2.24) is 14.7 Å². The van der Waals surface area contributed by atoms with Crippen molar-refractivity contribution >= 4 is 11.8 Å². The lowest BCUT2D eigenvalue weighted by molar-refractivity contribution is 0.0785. The van der Waals surface area contributed by atoms with Gasteiger partial charge in [-0.3, -0.25) is 9.59 Å². The number of benzene rings is 2. The summed E-state index contributed by atoms with van der Waals surface area (Å²) >= 11 is 0. The van der Waals surface area contributed by atoms with Gasteiger partial charge in [0.1, 0.15) is 0 Å². The number of primary amides is 1. The first kappa shape index (κ1) is 18.4. The van der Waals surface area contributed by atoms with Gasteiger partial charge in [0, 0.05) is 30.4 Å². The van der Waals surface area contributed by atoms with Crippen LogP contribution in [0.4, 0.5) is 0 Å². The van der Waals surface area contributed by atoms with Gasteiger partial charge in [-0.2, -0.15) is 5.10 Å². The van der Waals surface area contributed by atoms with Crippen molar-refractivity contribution in [2.24, 2.45) is 5.73 Å². The SMILES string of the molecule is Cc1cc(C)n(-c2ccc(C(=O)N(C)Cc3cccc(C(N)=O)c3)cc2)n1. The quantitative estimate of drug-likeness (QED) is 0.758. The molecule has 0 saturated carbocycles. The fourth-order valence-corrected chi connectivity index (χ4v) is 3.02. The summed E-state index contributed by atoms with van der Waals surface area (Å²) < 4.78 is 1.85. The average Bonchev–Trinajstić information content (AvgIpc) is 2.99. The van der Waals surface area contributed by atoms with E-state index >= 15 is 0 Å². The highest BCUT2D eigenvalue weighted by Crippen LogP contribution is 2.15. The molecule has 0 spiro atoms. The van der Waals surface area contributed by atoms with Gasteiger partial charge >= 0.3 is 0 Å². The first-order valence-electron chi connectivity index (χ1n) is 8.63. The fourth-order valence-electron chi connectivity index (χ4n) is 3.02. The molecule has 3 aromatic rings. The lowest BCUT2D eigenvalue weighted by atomic mass is 10.1. The number of nitrogens with zero attached hydrogens (tertiary/aromatic N) is 3. The van der Waals surface area contributed by atoms with Crippen molar-refractivity contribution in [2.45, 2.75) is 20.4 Å². The van der Waals surface area contributed by atoms with Crippen LogP contribution in [-0.4, -0.2) is 33.5 Å². The van der Waals surface area contributed by atoms with Gasteiger partial charge in [0.15, 0.2) is 0 Å². The van der Waals surface area contributed by atoms with E-state index in [9.17, 15) is 9.59 Å². The molecule has 1 heterocycles. The van der Waals surface area contributed by atoms with Crippen LogP contribution < -0.4 is 5.73 Å². The lowest BCUT2D eigenvalue weighted by Crippen LogP contribution is -2.26. The van der Waals surface area contributed by atoms with Crippen molar-refractivity contribution in [3.63, 3.8) is 0 Å². The van der Waals surface area contributed by atoms with Crippen LogP contribution in [0.15, 0.2) is 54.6 Å². The standard InChI is InChI=1S/C21H22N4O2/c1-14-11-15(2)25(23-14)19-9-7-17(8-10-19)21(27)24(3)13-16-5-4-6-18(12-16)20(22)26/h4-12H,13H2,1-3H3,(H2,22,26). The van der Waals surface area contributed by atoms with Crippen LogP contribution in [-0.2, 0) is 6.54 Å². The third-order valence-corrected chi connectivity index (χ3v) is 4.35. The molecule has 2 aromatic carbocycles. The topological polar surface area (TPSA) is 81.2 Å². The molecule has 0 unspecified atom stereocenters. The summed E-state index contributed by atoms with van der Waals surface area (Å²) in [5, 5.41) is 4.45. The van der Waals surface area contributed by atoms with Crippen molar-refractivity contribution in [3.05, 3.63) is 82.7 Å². The lowest BCUT2D eigenvalue weighted by Gasteiger charge is -2.18. The van der Waals surface area contributed by atoms with E-state index in [1.54, 1.807) is 42.3 Å². The minimum absolute atomic E-state index is 0.0978. The van der Waals surface area contributed by atoms with Gasteiger partial charge < -0.3 is 10.6 Å². The number of aromatic nitrogens is 2. The van der Waals surface area contributed by atoms with Crippen molar-refractivity contribution < 1.29 is 9.59 Å². The zero-order valence-electron chi connectivity index (χ0n) is 15.6. The third-order valence-electron chi connectivity index (χ3n) is 4.35. The Bertz CT molecular complexity index is 990. The molecule has 0 bridgehead atoms. The largest absolute Gasteiger partial charge is 0.366 e. The zero-order valence-corrected chi connectivity index (χ0v) is 15.6. The molecule has 0 radical (unpaired) electrons. The Labute approximate surface area is 158 Å². The molecule has 6 nitrogen and oxygen atoms in total. The van der Waals surface area contributed by atoms with Gasteiger partial charge in [-0.1, -0.05) is 12.1 Å². The van der Waals surface area contributed by atoms with E-state index in [0.717, 1.165) is 22.6 Å². The maximum absolute atomic E-state index is 12.7. The highest BCUT2D eigenvalue weighted by atomic mass is 16.2. The number of carbonyl (C=O) groups excluding carboxylic acids is 2. The second-order valence-electron chi connectivity index (χ2n) is 6.61. The Morgan fingerprint density at radius 2 is 1.74 bits per heavy atom. The molecule has 138 valence electrons. The second-order valence-corrected chi connectivity index (χ2v) is 6.61. The van der Waals surface area contributed by atoms with Crippen LogP contribution in [0, 0.1) is 13.8 Å². The van der Waals surface area contributed by atoms with E-state index in [-0.39, 0.29) is 5.91 Å². The molecule has 2 N–H and O–H groups in total. The van der Waals surface area contributed by atoms with Crippen LogP contribution in [0.1, 0.15) is 37.7 Å². The highest BCUT2D eigenvalue weighted by Gasteiger charge is 2.13. The van der Waals surface area contributed by atoms with Crippen LogP contribution in [0.2, 0.25) is 0 Å². The molecule has 2 amide bonds. The Hall–Kier alpha value is -3.41. The van der Waals surface area contributed by atoms with E-state index < -0.39 is 5.91 Å². The molecule has 1 aromatic heterocycles. The van der Waals surface area contributed by atoms with E-state index in [0.29, 0.717) is 17.7 Å². The van der Waals surface area contributed by atoms with E-state index in [1.807, 2.05) is 42.8 Å². The van der Waals surface area contributed by atoms with Crippen LogP contribution in [0.3, 0.4) is 0 Å². The number of amides is 2. The summed E-state index contributed by atoms with van der Waals surface area (Å²) in [5.41, 5.74) is 10.1. The van der Waals surface area contributed by atoms with Crippen LogP contribution >= 0.6 is 0 Å². The predicted molar refractivity (Wildman–Crippen MR) is 104 cm³/mol. The number of rotatable bonds is 5. The second kappa shape index (κ2) is 7.45. The third kappa shape index (κ3) is 4.06. The number of carbonyl (C=O) groups is 2. The molecule has 0 aliphatic rings. The molecule has 0 atom stereocenters. The molecule has 6 heteroatoms. The predicted octanol–water partition coefficient (Wildman–Crippen LogP) is 2.86. The van der Waals surface area contributed by atoms with Gasteiger partial charge in [0.2, 0.25) is 5.91 Å². The van der Waals surface area contributed by atoms with Gasteiger partial charge in [0.05, 0.1) is 11.4 Å². The van der Waals surface area contributed by atoms with Gasteiger partial charge in [-0.15, -0.1) is 0 Å². The van der Waals surface area contributed by atoms with Gasteiger partial charge in [-0.05, 0) is 61.9 Å². The van der Waals surface area contributed by atoms with E-state index in [1.165, 1.54) is 0 Å². The number of nitrogens with two attached hydrogens (primary N) is 1. The first-order chi connectivity index (χ1) is 12.8. The van der Waals surface area contributed by atoms with Crippen LogP contribution in [0.5, 0.6) is 0 Å². The molecule has 0 fully saturated rings. The summed E-state index contributed by atoms with van der Waals surface area (Å²) in [7, 11) is 1.73. The summed E-state index contributed by atoms with van der Waals surface area (Å²) in [6, 6.07) is 16.4. The van der Waals surface area contributed by atoms with Crippen molar-refractivity contribution in [1.29, 1.82) is 0 Å². The maximum Gasteiger partial charge on any atom is 0.253 e. The molecule has 0 aliphatic carbocycles. The first-order valence-corrected chi connectivity index (χ1v) is 8.63. The zero-order chi connectivity index (χ0) is 19.6. The number of aryl methyl sites for hydroxylation is 2. The minimum atomic E-state index is -0.481. The normalized spacial score (nSPS) is 10.6. The van der Waals surface area contributed by atoms with Crippen molar-refractivity contribution in [3.8, 4) is 5.69 Å². The van der Waals surface area contributed by atoms with Gasteiger partial charge in [-0.25, -0.2) is 4.68 Å². The summed E-state index contributed by atoms with van der Waals surface area (Å²) in [6.45, 7) is 4.33. The maximum atomic E-state index is 12.7. The molecule has 27 heavy (non-hydrogen) atoms. The molecule has 0 saturated heterocycles. The summed E-state index contributed by atoms with van der Waals surface area (Å²) in [4.78, 5) is 25.6. The fraction of sp³-hybridized carbons (Fsp3) is 0.190.